The van der Waals surface area contributed by atoms with E-state index in [9.17, 15) is 9.59 Å². The first-order valence-electron chi connectivity index (χ1n) is 8.99. The summed E-state index contributed by atoms with van der Waals surface area (Å²) in [7, 11) is 0. The van der Waals surface area contributed by atoms with Gasteiger partial charge in [0.2, 0.25) is 5.91 Å². The second-order valence-electron chi connectivity index (χ2n) is 6.78. The van der Waals surface area contributed by atoms with E-state index in [0.717, 1.165) is 0 Å². The van der Waals surface area contributed by atoms with Crippen molar-refractivity contribution < 1.29 is 14.3 Å². The van der Waals surface area contributed by atoms with Gasteiger partial charge in [0.05, 0.1) is 18.2 Å². The van der Waals surface area contributed by atoms with E-state index in [2.05, 4.69) is 13.8 Å². The van der Waals surface area contributed by atoms with Crippen molar-refractivity contribution >= 4 is 24.2 Å². The van der Waals surface area contributed by atoms with Crippen molar-refractivity contribution in [1.29, 1.82) is 0 Å². The van der Waals surface area contributed by atoms with E-state index in [1.165, 1.54) is 0 Å². The molecule has 0 aromatic heterocycles. The summed E-state index contributed by atoms with van der Waals surface area (Å²) in [4.78, 5) is 28.7. The van der Waals surface area contributed by atoms with E-state index in [1.54, 1.807) is 21.9 Å². The van der Waals surface area contributed by atoms with Crippen LogP contribution in [0, 0.1) is 5.92 Å². The second kappa shape index (κ2) is 10.4. The summed E-state index contributed by atoms with van der Waals surface area (Å²) in [6.45, 7) is 8.59. The molecule has 2 amide bonds. The molecule has 1 atom stereocenters. The quantitative estimate of drug-likeness (QED) is 0.816. The molecule has 1 aromatic carbocycles. The second-order valence-corrected chi connectivity index (χ2v) is 6.78. The Morgan fingerprint density at radius 3 is 2.27 bits per heavy atom. The van der Waals surface area contributed by atoms with Crippen LogP contribution >= 0.6 is 12.4 Å². The molecular weight excluding hydrogens is 354 g/mol. The lowest BCUT2D eigenvalue weighted by Crippen LogP contribution is -2.54. The van der Waals surface area contributed by atoms with E-state index in [-0.39, 0.29) is 24.2 Å². The highest BCUT2D eigenvalue weighted by atomic mass is 35.5. The topological polar surface area (TPSA) is 75.9 Å². The lowest BCUT2D eigenvalue weighted by molar-refractivity contribution is -0.134. The molecule has 2 rings (SSSR count). The van der Waals surface area contributed by atoms with Crippen molar-refractivity contribution in [2.45, 2.75) is 33.2 Å². The summed E-state index contributed by atoms with van der Waals surface area (Å²) >= 11 is 0. The molecule has 146 valence electrons. The molecule has 0 bridgehead atoms. The molecule has 2 N–H and O–H groups in total. The highest BCUT2D eigenvalue weighted by Crippen LogP contribution is 2.21. The third kappa shape index (κ3) is 5.61. The Morgan fingerprint density at radius 1 is 1.12 bits per heavy atom. The third-order valence-electron chi connectivity index (χ3n) is 4.34. The largest absolute Gasteiger partial charge is 0.493 e. The molecule has 0 spiro atoms. The Morgan fingerprint density at radius 2 is 1.69 bits per heavy atom. The van der Waals surface area contributed by atoms with Crippen LogP contribution < -0.4 is 10.5 Å². The van der Waals surface area contributed by atoms with Crippen LogP contribution in [0.4, 0.5) is 0 Å². The zero-order chi connectivity index (χ0) is 18.4. The van der Waals surface area contributed by atoms with E-state index in [0.29, 0.717) is 56.4 Å². The van der Waals surface area contributed by atoms with E-state index >= 15 is 0 Å². The van der Waals surface area contributed by atoms with Crippen LogP contribution in [0.15, 0.2) is 24.3 Å². The number of piperazine rings is 1. The lowest BCUT2D eigenvalue weighted by atomic mass is 10.0. The predicted octanol–water partition coefficient (Wildman–Crippen LogP) is 2.16. The average Bonchev–Trinajstić information content (AvgIpc) is 2.61. The molecule has 1 aliphatic heterocycles. The molecule has 0 aliphatic carbocycles. The number of nitrogens with two attached hydrogens (primary N) is 1. The Kier molecular flexibility index (Phi) is 8.88. The number of carbonyl (C=O) groups is 2. The number of hydrogen-bond acceptors (Lipinski definition) is 4. The van der Waals surface area contributed by atoms with Crippen LogP contribution in [-0.4, -0.2) is 60.4 Å². The van der Waals surface area contributed by atoms with Crippen molar-refractivity contribution in [3.63, 3.8) is 0 Å². The van der Waals surface area contributed by atoms with Crippen LogP contribution in [0.25, 0.3) is 0 Å². The predicted molar refractivity (Wildman–Crippen MR) is 105 cm³/mol. The first-order valence-corrected chi connectivity index (χ1v) is 8.99. The van der Waals surface area contributed by atoms with Crippen LogP contribution in [0.3, 0.4) is 0 Å². The average molecular weight is 384 g/mol. The summed E-state index contributed by atoms with van der Waals surface area (Å²) in [5.74, 6) is 0.919. The number of hydrogen-bond donors (Lipinski definition) is 1. The zero-order valence-corrected chi connectivity index (χ0v) is 16.6. The van der Waals surface area contributed by atoms with Crippen LogP contribution in [0.2, 0.25) is 0 Å². The van der Waals surface area contributed by atoms with Crippen LogP contribution in [0.5, 0.6) is 5.75 Å². The minimum Gasteiger partial charge on any atom is -0.493 e. The van der Waals surface area contributed by atoms with Crippen LogP contribution in [-0.2, 0) is 4.79 Å². The Bertz CT molecular complexity index is 601. The van der Waals surface area contributed by atoms with Crippen molar-refractivity contribution in [1.82, 2.24) is 9.80 Å². The lowest BCUT2D eigenvalue weighted by Gasteiger charge is -2.36. The number of rotatable bonds is 6. The minimum atomic E-state index is -0.457. The zero-order valence-electron chi connectivity index (χ0n) is 15.8. The number of para-hydroxylation sites is 1. The maximum absolute atomic E-state index is 12.8. The number of amides is 2. The summed E-state index contributed by atoms with van der Waals surface area (Å²) in [6, 6.07) is 6.82. The number of carbonyl (C=O) groups excluding carboxylic acids is 2. The van der Waals surface area contributed by atoms with Gasteiger partial charge in [-0.05, 0) is 31.4 Å². The van der Waals surface area contributed by atoms with Gasteiger partial charge in [-0.2, -0.15) is 0 Å². The molecule has 0 radical (unpaired) electrons. The standard InChI is InChI=1S/C19H29N3O3.ClH/c1-4-25-17-8-6-5-7-15(17)18(23)21-9-11-22(12-10-21)19(24)16(20)13-14(2)3;/h5-8,14,16H,4,9-13,20H2,1-3H3;1H/t16-;/m0./s1. The van der Waals surface area contributed by atoms with Gasteiger partial charge >= 0.3 is 0 Å². The van der Waals surface area contributed by atoms with Crippen molar-refractivity contribution in [2.75, 3.05) is 32.8 Å². The number of ether oxygens (including phenoxy) is 1. The molecule has 6 nitrogen and oxygen atoms in total. The minimum absolute atomic E-state index is 0. The molecule has 26 heavy (non-hydrogen) atoms. The molecule has 1 aromatic rings. The molecule has 0 saturated carbocycles. The van der Waals surface area contributed by atoms with E-state index < -0.39 is 6.04 Å². The van der Waals surface area contributed by atoms with Gasteiger partial charge in [-0.15, -0.1) is 12.4 Å². The summed E-state index contributed by atoms with van der Waals surface area (Å²) in [5.41, 5.74) is 6.57. The summed E-state index contributed by atoms with van der Waals surface area (Å²) in [5, 5.41) is 0. The van der Waals surface area contributed by atoms with Gasteiger partial charge in [0.1, 0.15) is 5.75 Å². The normalized spacial score (nSPS) is 15.4. The van der Waals surface area contributed by atoms with Crippen molar-refractivity contribution in [2.24, 2.45) is 11.7 Å². The first-order chi connectivity index (χ1) is 11.9. The molecular formula is C19H30ClN3O3. The first kappa shape index (κ1) is 22.3. The number of halogens is 1. The molecule has 1 aliphatic rings. The highest BCUT2D eigenvalue weighted by Gasteiger charge is 2.28. The SMILES string of the molecule is CCOc1ccccc1C(=O)N1CCN(C(=O)[C@@H](N)CC(C)C)CC1.Cl. The molecule has 1 heterocycles. The smallest absolute Gasteiger partial charge is 0.257 e. The van der Waals surface area contributed by atoms with Crippen molar-refractivity contribution in [3.8, 4) is 5.75 Å². The van der Waals surface area contributed by atoms with Gasteiger partial charge in [-0.3, -0.25) is 9.59 Å². The fourth-order valence-electron chi connectivity index (χ4n) is 3.07. The van der Waals surface area contributed by atoms with Gasteiger partial charge in [-0.25, -0.2) is 0 Å². The van der Waals surface area contributed by atoms with E-state index in [4.69, 9.17) is 10.5 Å². The van der Waals surface area contributed by atoms with Gasteiger partial charge < -0.3 is 20.3 Å². The molecule has 1 saturated heterocycles. The Labute approximate surface area is 162 Å². The van der Waals surface area contributed by atoms with Crippen molar-refractivity contribution in [3.05, 3.63) is 29.8 Å². The Hall–Kier alpha value is -1.79. The molecule has 7 heteroatoms. The number of nitrogens with zero attached hydrogens (tertiary/aromatic N) is 2. The van der Waals surface area contributed by atoms with Gasteiger partial charge in [0, 0.05) is 26.2 Å². The van der Waals surface area contributed by atoms with E-state index in [1.807, 2.05) is 19.1 Å². The monoisotopic (exact) mass is 383 g/mol. The van der Waals surface area contributed by atoms with Gasteiger partial charge in [-0.1, -0.05) is 26.0 Å². The Balaban J connectivity index is 0.00000338. The summed E-state index contributed by atoms with van der Waals surface area (Å²) in [6.07, 6.45) is 0.680. The maximum Gasteiger partial charge on any atom is 0.257 e. The number of benzene rings is 1. The van der Waals surface area contributed by atoms with Crippen LogP contribution in [0.1, 0.15) is 37.6 Å². The summed E-state index contributed by atoms with van der Waals surface area (Å²) < 4.78 is 5.55. The third-order valence-corrected chi connectivity index (χ3v) is 4.34. The molecule has 1 fully saturated rings. The molecule has 0 unspecified atom stereocenters. The van der Waals surface area contributed by atoms with Gasteiger partial charge in [0.15, 0.2) is 0 Å². The highest BCUT2D eigenvalue weighted by molar-refractivity contribution is 5.97. The van der Waals surface area contributed by atoms with Gasteiger partial charge in [0.25, 0.3) is 5.91 Å². The fourth-order valence-corrected chi connectivity index (χ4v) is 3.07. The maximum atomic E-state index is 12.8. The fraction of sp³-hybridized carbons (Fsp3) is 0.579.